The van der Waals surface area contributed by atoms with Crippen molar-refractivity contribution in [2.24, 2.45) is 0 Å². The summed E-state index contributed by atoms with van der Waals surface area (Å²) in [6, 6.07) is 4.50. The maximum absolute atomic E-state index is 13.1. The van der Waals surface area contributed by atoms with Crippen molar-refractivity contribution in [3.05, 3.63) is 34.9 Å². The van der Waals surface area contributed by atoms with Crippen LogP contribution in [0.3, 0.4) is 0 Å². The van der Waals surface area contributed by atoms with Crippen LogP contribution in [0.25, 0.3) is 0 Å². The summed E-state index contributed by atoms with van der Waals surface area (Å²) in [4.78, 5) is 0. The molecule has 1 heterocycles. The standard InChI is InChI=1S/C18H24F3N/c19-18(20,21)15-6-7-16(14-8-10-22-11-9-14)17(12-15)13-4-2-1-3-5-13/h6-7,12-14,22H,1-5,8-11H2. The molecule has 22 heavy (non-hydrogen) atoms. The van der Waals surface area contributed by atoms with Crippen LogP contribution in [0.4, 0.5) is 13.2 Å². The number of halogens is 3. The number of hydrogen-bond donors (Lipinski definition) is 1. The molecule has 0 amide bonds. The highest BCUT2D eigenvalue weighted by Crippen LogP contribution is 2.41. The topological polar surface area (TPSA) is 12.0 Å². The summed E-state index contributed by atoms with van der Waals surface area (Å²) in [5, 5.41) is 3.34. The number of hydrogen-bond acceptors (Lipinski definition) is 1. The van der Waals surface area contributed by atoms with E-state index in [0.29, 0.717) is 11.8 Å². The Morgan fingerprint density at radius 1 is 0.818 bits per heavy atom. The Kier molecular flexibility index (Phi) is 4.76. The molecular formula is C18H24F3N. The summed E-state index contributed by atoms with van der Waals surface area (Å²) in [5.74, 6) is 0.737. The molecule has 1 aliphatic heterocycles. The van der Waals surface area contributed by atoms with E-state index in [4.69, 9.17) is 0 Å². The fourth-order valence-electron chi connectivity index (χ4n) is 4.02. The van der Waals surface area contributed by atoms with Crippen LogP contribution in [0.5, 0.6) is 0 Å². The largest absolute Gasteiger partial charge is 0.416 e. The third-order valence-electron chi connectivity index (χ3n) is 5.24. The Morgan fingerprint density at radius 2 is 1.45 bits per heavy atom. The van der Waals surface area contributed by atoms with Crippen molar-refractivity contribution in [3.8, 4) is 0 Å². The molecule has 0 atom stereocenters. The van der Waals surface area contributed by atoms with Crippen molar-refractivity contribution < 1.29 is 13.2 Å². The minimum absolute atomic E-state index is 0.320. The minimum Gasteiger partial charge on any atom is -0.317 e. The van der Waals surface area contributed by atoms with Gasteiger partial charge >= 0.3 is 6.18 Å². The highest BCUT2D eigenvalue weighted by Gasteiger charge is 2.33. The lowest BCUT2D eigenvalue weighted by atomic mass is 9.77. The van der Waals surface area contributed by atoms with E-state index in [0.717, 1.165) is 57.2 Å². The Labute approximate surface area is 130 Å². The Balaban J connectivity index is 1.96. The smallest absolute Gasteiger partial charge is 0.317 e. The van der Waals surface area contributed by atoms with Crippen LogP contribution in [0.15, 0.2) is 18.2 Å². The van der Waals surface area contributed by atoms with Crippen LogP contribution in [0.1, 0.15) is 73.5 Å². The minimum atomic E-state index is -4.24. The van der Waals surface area contributed by atoms with Crippen LogP contribution >= 0.6 is 0 Å². The summed E-state index contributed by atoms with van der Waals surface area (Å²) in [6.07, 6.45) is 3.42. The number of nitrogens with one attached hydrogen (secondary N) is 1. The molecule has 1 N–H and O–H groups in total. The molecular weight excluding hydrogens is 287 g/mol. The predicted molar refractivity (Wildman–Crippen MR) is 82.1 cm³/mol. The van der Waals surface area contributed by atoms with Gasteiger partial charge in [0.2, 0.25) is 0 Å². The van der Waals surface area contributed by atoms with Gasteiger partial charge in [-0.25, -0.2) is 0 Å². The van der Waals surface area contributed by atoms with Crippen LogP contribution in [-0.2, 0) is 6.18 Å². The molecule has 2 aliphatic rings. The molecule has 0 unspecified atom stereocenters. The van der Waals surface area contributed by atoms with Crippen molar-refractivity contribution >= 4 is 0 Å². The molecule has 1 saturated carbocycles. The van der Waals surface area contributed by atoms with E-state index in [9.17, 15) is 13.2 Å². The molecule has 1 aromatic rings. The zero-order valence-electron chi connectivity index (χ0n) is 12.9. The van der Waals surface area contributed by atoms with Gasteiger partial charge in [0.25, 0.3) is 0 Å². The van der Waals surface area contributed by atoms with Gasteiger partial charge in [-0.1, -0.05) is 25.3 Å². The molecule has 1 aromatic carbocycles. The zero-order chi connectivity index (χ0) is 15.6. The normalized spacial score (nSPS) is 22.0. The van der Waals surface area contributed by atoms with Gasteiger partial charge in [-0.2, -0.15) is 13.2 Å². The Bertz CT molecular complexity index is 498. The molecule has 4 heteroatoms. The fraction of sp³-hybridized carbons (Fsp3) is 0.667. The highest BCUT2D eigenvalue weighted by atomic mass is 19.4. The van der Waals surface area contributed by atoms with E-state index in [1.165, 1.54) is 24.1 Å². The van der Waals surface area contributed by atoms with Crippen molar-refractivity contribution in [2.45, 2.75) is 63.0 Å². The molecule has 0 aromatic heterocycles. The summed E-state index contributed by atoms with van der Waals surface area (Å²) in [6.45, 7) is 1.94. The predicted octanol–water partition coefficient (Wildman–Crippen LogP) is 5.22. The molecule has 0 bridgehead atoms. The lowest BCUT2D eigenvalue weighted by molar-refractivity contribution is -0.137. The first-order valence-corrected chi connectivity index (χ1v) is 8.47. The fourth-order valence-corrected chi connectivity index (χ4v) is 4.02. The quantitative estimate of drug-likeness (QED) is 0.789. The summed E-state index contributed by atoms with van der Waals surface area (Å²) >= 11 is 0. The van der Waals surface area contributed by atoms with Gasteiger partial charge in [-0.05, 0) is 73.9 Å². The molecule has 3 rings (SSSR count). The van der Waals surface area contributed by atoms with E-state index in [2.05, 4.69) is 5.32 Å². The lowest BCUT2D eigenvalue weighted by Gasteiger charge is -2.30. The molecule has 122 valence electrons. The number of benzene rings is 1. The molecule has 1 nitrogen and oxygen atoms in total. The molecule has 1 aliphatic carbocycles. The van der Waals surface area contributed by atoms with Gasteiger partial charge in [0, 0.05) is 0 Å². The van der Waals surface area contributed by atoms with Crippen LogP contribution in [-0.4, -0.2) is 13.1 Å². The van der Waals surface area contributed by atoms with Gasteiger partial charge in [-0.3, -0.25) is 0 Å². The van der Waals surface area contributed by atoms with Gasteiger partial charge in [0.15, 0.2) is 0 Å². The molecule has 0 spiro atoms. The Morgan fingerprint density at radius 3 is 2.09 bits per heavy atom. The number of rotatable bonds is 2. The second-order valence-electron chi connectivity index (χ2n) is 6.70. The van der Waals surface area contributed by atoms with Crippen molar-refractivity contribution in [3.63, 3.8) is 0 Å². The highest BCUT2D eigenvalue weighted by molar-refractivity contribution is 5.38. The molecule has 1 saturated heterocycles. The average molecular weight is 311 g/mol. The first-order chi connectivity index (χ1) is 10.6. The first-order valence-electron chi connectivity index (χ1n) is 8.47. The number of alkyl halides is 3. The van der Waals surface area contributed by atoms with E-state index in [-0.39, 0.29) is 0 Å². The summed E-state index contributed by atoms with van der Waals surface area (Å²) in [7, 11) is 0. The van der Waals surface area contributed by atoms with Gasteiger partial charge in [0.1, 0.15) is 0 Å². The maximum atomic E-state index is 13.1. The average Bonchev–Trinajstić information content (AvgIpc) is 2.55. The zero-order valence-corrected chi connectivity index (χ0v) is 12.9. The van der Waals surface area contributed by atoms with Crippen molar-refractivity contribution in [1.29, 1.82) is 0 Å². The SMILES string of the molecule is FC(F)(F)c1ccc(C2CCNCC2)c(C2CCCCC2)c1. The van der Waals surface area contributed by atoms with Crippen LogP contribution in [0.2, 0.25) is 0 Å². The van der Waals surface area contributed by atoms with Crippen molar-refractivity contribution in [2.75, 3.05) is 13.1 Å². The third kappa shape index (κ3) is 3.48. The van der Waals surface area contributed by atoms with E-state index >= 15 is 0 Å². The van der Waals surface area contributed by atoms with Crippen LogP contribution < -0.4 is 5.32 Å². The van der Waals surface area contributed by atoms with Crippen molar-refractivity contribution in [1.82, 2.24) is 5.32 Å². The second-order valence-corrected chi connectivity index (χ2v) is 6.70. The summed E-state index contributed by atoms with van der Waals surface area (Å²) in [5.41, 5.74) is 1.69. The number of piperidine rings is 1. The first kappa shape index (κ1) is 15.9. The van der Waals surface area contributed by atoms with E-state index in [1.54, 1.807) is 6.07 Å². The maximum Gasteiger partial charge on any atom is 0.416 e. The Hall–Kier alpha value is -1.03. The molecule has 0 radical (unpaired) electrons. The molecule has 2 fully saturated rings. The van der Waals surface area contributed by atoms with Gasteiger partial charge in [0.05, 0.1) is 5.56 Å². The lowest BCUT2D eigenvalue weighted by Crippen LogP contribution is -2.27. The van der Waals surface area contributed by atoms with E-state index < -0.39 is 11.7 Å². The summed E-state index contributed by atoms with van der Waals surface area (Å²) < 4.78 is 39.3. The van der Waals surface area contributed by atoms with E-state index in [1.807, 2.05) is 0 Å². The monoisotopic (exact) mass is 311 g/mol. The second kappa shape index (κ2) is 6.61. The van der Waals surface area contributed by atoms with Gasteiger partial charge < -0.3 is 5.32 Å². The van der Waals surface area contributed by atoms with Gasteiger partial charge in [-0.15, -0.1) is 0 Å². The van der Waals surface area contributed by atoms with Crippen LogP contribution in [0, 0.1) is 0 Å². The third-order valence-corrected chi connectivity index (χ3v) is 5.24.